The molecular formula is C52H46S. The van der Waals surface area contributed by atoms with Crippen LogP contribution in [0.25, 0.3) is 33.4 Å². The Hall–Kier alpha value is -5.37. The highest BCUT2D eigenvalue weighted by Crippen LogP contribution is 2.53. The summed E-state index contributed by atoms with van der Waals surface area (Å²) >= 11 is 2.03. The Labute approximate surface area is 320 Å². The molecule has 0 bridgehead atoms. The van der Waals surface area contributed by atoms with Crippen molar-refractivity contribution in [2.24, 2.45) is 11.8 Å². The van der Waals surface area contributed by atoms with Crippen molar-refractivity contribution >= 4 is 45.2 Å². The third kappa shape index (κ3) is 6.60. The van der Waals surface area contributed by atoms with Gasteiger partial charge in [0.05, 0.1) is 0 Å². The highest BCUT2D eigenvalue weighted by molar-refractivity contribution is 7.97. The molecule has 0 nitrogen and oxygen atoms in total. The Balaban J connectivity index is 1.10. The van der Waals surface area contributed by atoms with Crippen LogP contribution in [0.3, 0.4) is 0 Å². The van der Waals surface area contributed by atoms with Crippen LogP contribution in [-0.4, -0.2) is 0 Å². The van der Waals surface area contributed by atoms with E-state index in [0.29, 0.717) is 0 Å². The first kappa shape index (κ1) is 34.7. The third-order valence-corrected chi connectivity index (χ3v) is 12.3. The second-order valence-corrected chi connectivity index (χ2v) is 15.4. The highest BCUT2D eigenvalue weighted by atomic mass is 32.2. The molecule has 2 aliphatic rings. The number of rotatable bonds is 10. The lowest BCUT2D eigenvalue weighted by Crippen LogP contribution is -2.03. The summed E-state index contributed by atoms with van der Waals surface area (Å²) in [4.78, 5) is 0. The van der Waals surface area contributed by atoms with E-state index < -0.39 is 0 Å². The van der Waals surface area contributed by atoms with E-state index in [1.54, 1.807) is 0 Å². The zero-order chi connectivity index (χ0) is 36.3. The van der Waals surface area contributed by atoms with Crippen molar-refractivity contribution in [3.8, 4) is 0 Å². The Morgan fingerprint density at radius 2 is 0.660 bits per heavy atom. The number of benzene rings is 6. The average Bonchev–Trinajstić information content (AvgIpc) is 3.63. The second-order valence-electron chi connectivity index (χ2n) is 14.4. The number of thioether (sulfide) groups is 1. The van der Waals surface area contributed by atoms with Crippen LogP contribution in [0.15, 0.2) is 181 Å². The van der Waals surface area contributed by atoms with Crippen molar-refractivity contribution in [2.45, 2.75) is 39.2 Å². The van der Waals surface area contributed by atoms with Gasteiger partial charge in [-0.05, 0) is 103 Å². The van der Waals surface area contributed by atoms with Crippen LogP contribution < -0.4 is 0 Å². The van der Waals surface area contributed by atoms with Gasteiger partial charge >= 0.3 is 0 Å². The second kappa shape index (κ2) is 15.3. The Morgan fingerprint density at radius 3 is 1.02 bits per heavy atom. The van der Waals surface area contributed by atoms with Crippen molar-refractivity contribution in [1.29, 1.82) is 0 Å². The van der Waals surface area contributed by atoms with E-state index in [4.69, 9.17) is 0 Å². The predicted octanol–water partition coefficient (Wildman–Crippen LogP) is 14.2. The SMILES string of the molecule is CC1=C(c2ccccc2CSCc2ccccc2C2=C(C)C(c3ccccc3)=C(c3ccccc3)C2C)C(C)C(c2ccccc2)=C1c1ccccc1. The van der Waals surface area contributed by atoms with Gasteiger partial charge in [0.25, 0.3) is 0 Å². The quantitative estimate of drug-likeness (QED) is 0.137. The molecule has 1 heteroatoms. The summed E-state index contributed by atoms with van der Waals surface area (Å²) in [5.41, 5.74) is 22.1. The molecule has 0 aliphatic heterocycles. The fraction of sp³-hybridized carbons (Fsp3) is 0.154. The molecule has 0 amide bonds. The van der Waals surface area contributed by atoms with Crippen molar-refractivity contribution in [3.05, 3.63) is 226 Å². The standard InChI is InChI=1S/C52H46S/c1-35-47(36(2)50(40-23-11-6-12-24-40)49(35)39-21-9-5-10-22-39)45-31-19-17-29-43(45)33-53-34-44-30-18-20-32-46(44)48-37(3)51(41-25-13-7-14-26-41)52(38(48)4)42-27-15-8-16-28-42/h5-32,35,37H,33-34H2,1-4H3. The molecule has 0 fully saturated rings. The molecule has 6 aromatic rings. The van der Waals surface area contributed by atoms with Crippen molar-refractivity contribution in [3.63, 3.8) is 0 Å². The molecule has 260 valence electrons. The molecule has 0 saturated carbocycles. The van der Waals surface area contributed by atoms with Gasteiger partial charge in [-0.15, -0.1) is 0 Å². The Kier molecular flexibility index (Phi) is 10.0. The van der Waals surface area contributed by atoms with Crippen LogP contribution in [0, 0.1) is 11.8 Å². The summed E-state index contributed by atoms with van der Waals surface area (Å²) in [5, 5.41) is 0. The molecule has 0 heterocycles. The van der Waals surface area contributed by atoms with Crippen LogP contribution in [0.5, 0.6) is 0 Å². The summed E-state index contributed by atoms with van der Waals surface area (Å²) in [6, 6.07) is 62.1. The van der Waals surface area contributed by atoms with E-state index in [1.807, 2.05) is 11.8 Å². The van der Waals surface area contributed by atoms with E-state index in [1.165, 1.54) is 89.1 Å². The maximum Gasteiger partial charge on any atom is 0.0193 e. The lowest BCUT2D eigenvalue weighted by molar-refractivity contribution is 0.995. The van der Waals surface area contributed by atoms with Crippen molar-refractivity contribution in [1.82, 2.24) is 0 Å². The monoisotopic (exact) mass is 702 g/mol. The molecule has 53 heavy (non-hydrogen) atoms. The Bertz CT molecular complexity index is 2200. The van der Waals surface area contributed by atoms with E-state index in [2.05, 4.69) is 198 Å². The molecule has 0 spiro atoms. The molecule has 0 saturated heterocycles. The molecule has 6 aromatic carbocycles. The fourth-order valence-corrected chi connectivity index (χ4v) is 10.0. The molecule has 0 N–H and O–H groups in total. The summed E-state index contributed by atoms with van der Waals surface area (Å²) < 4.78 is 0. The van der Waals surface area contributed by atoms with E-state index in [9.17, 15) is 0 Å². The summed E-state index contributed by atoms with van der Waals surface area (Å²) in [6.07, 6.45) is 0. The van der Waals surface area contributed by atoms with Gasteiger partial charge in [-0.3, -0.25) is 0 Å². The predicted molar refractivity (Wildman–Crippen MR) is 231 cm³/mol. The van der Waals surface area contributed by atoms with Gasteiger partial charge in [0.2, 0.25) is 0 Å². The van der Waals surface area contributed by atoms with Gasteiger partial charge in [-0.1, -0.05) is 184 Å². The molecule has 2 atom stereocenters. The minimum atomic E-state index is 0.281. The third-order valence-electron chi connectivity index (χ3n) is 11.3. The van der Waals surface area contributed by atoms with Gasteiger partial charge in [-0.25, -0.2) is 0 Å². The van der Waals surface area contributed by atoms with Gasteiger partial charge in [-0.2, -0.15) is 11.8 Å². The minimum Gasteiger partial charge on any atom is -0.152 e. The van der Waals surface area contributed by atoms with Crippen LogP contribution >= 0.6 is 11.8 Å². The maximum atomic E-state index is 2.40. The highest BCUT2D eigenvalue weighted by Gasteiger charge is 2.33. The van der Waals surface area contributed by atoms with Crippen LogP contribution in [0.2, 0.25) is 0 Å². The van der Waals surface area contributed by atoms with Crippen LogP contribution in [0.1, 0.15) is 72.2 Å². The van der Waals surface area contributed by atoms with Gasteiger partial charge in [0.1, 0.15) is 0 Å². The summed E-state index contributed by atoms with van der Waals surface area (Å²) in [7, 11) is 0. The van der Waals surface area contributed by atoms with Crippen molar-refractivity contribution in [2.75, 3.05) is 0 Å². The van der Waals surface area contributed by atoms with Gasteiger partial charge in [0, 0.05) is 23.3 Å². The van der Waals surface area contributed by atoms with Crippen LogP contribution in [0.4, 0.5) is 0 Å². The number of allylic oxidation sites excluding steroid dienone is 8. The van der Waals surface area contributed by atoms with Gasteiger partial charge in [0.15, 0.2) is 0 Å². The molecule has 2 aliphatic carbocycles. The molecular weight excluding hydrogens is 657 g/mol. The smallest absolute Gasteiger partial charge is 0.0193 e. The number of hydrogen-bond acceptors (Lipinski definition) is 1. The zero-order valence-corrected chi connectivity index (χ0v) is 32.0. The lowest BCUT2D eigenvalue weighted by atomic mass is 9.86. The average molecular weight is 703 g/mol. The van der Waals surface area contributed by atoms with Gasteiger partial charge < -0.3 is 0 Å². The van der Waals surface area contributed by atoms with E-state index >= 15 is 0 Å². The topological polar surface area (TPSA) is 0 Å². The van der Waals surface area contributed by atoms with Crippen LogP contribution in [-0.2, 0) is 11.5 Å². The molecule has 0 aromatic heterocycles. The lowest BCUT2D eigenvalue weighted by Gasteiger charge is -2.20. The summed E-state index contributed by atoms with van der Waals surface area (Å²) in [5.74, 6) is 2.46. The maximum absolute atomic E-state index is 2.40. The van der Waals surface area contributed by atoms with Crippen molar-refractivity contribution < 1.29 is 0 Å². The molecule has 0 radical (unpaired) electrons. The normalized spacial score (nSPS) is 17.4. The number of hydrogen-bond donors (Lipinski definition) is 0. The molecule has 8 rings (SSSR count). The summed E-state index contributed by atoms with van der Waals surface area (Å²) in [6.45, 7) is 9.48. The Morgan fingerprint density at radius 1 is 0.358 bits per heavy atom. The first-order valence-electron chi connectivity index (χ1n) is 18.9. The largest absolute Gasteiger partial charge is 0.152 e. The first-order chi connectivity index (χ1) is 26.0. The van der Waals surface area contributed by atoms with E-state index in [-0.39, 0.29) is 11.8 Å². The minimum absolute atomic E-state index is 0.281. The first-order valence-corrected chi connectivity index (χ1v) is 20.0. The fourth-order valence-electron chi connectivity index (χ4n) is 8.98. The zero-order valence-electron chi connectivity index (χ0n) is 31.1. The van der Waals surface area contributed by atoms with E-state index in [0.717, 1.165) is 11.5 Å². The molecule has 2 unspecified atom stereocenters.